The maximum Gasteiger partial charge on any atom is 0.262 e. The minimum absolute atomic E-state index is 0.0538. The van der Waals surface area contributed by atoms with Crippen LogP contribution in [0.15, 0.2) is 52.1 Å². The molecule has 3 rings (SSSR count). The summed E-state index contributed by atoms with van der Waals surface area (Å²) in [7, 11) is 0. The number of hydrogen-bond donors (Lipinski definition) is 2. The standard InChI is InChI=1S/C26H33Cl2N5O2/c1-3-4-22(19-5-7-21(8-6-19)35-14-13-33-11-9-30-10-12-33)32-26(34)20(17-29)16-23-25(28)18(2)15-24(27)31-23/h5-8,15-16,18,22,25,30H,3-4,9-14H2,1-2H3,(H,32,34)/b20-16+/t18?,22-,25?/m0/s1. The van der Waals surface area contributed by atoms with Crippen molar-refractivity contribution < 1.29 is 9.53 Å². The molecule has 1 aromatic carbocycles. The van der Waals surface area contributed by atoms with E-state index in [1.807, 2.05) is 37.3 Å². The number of carbonyl (C=O) groups excluding carboxylic acids is 1. The molecule has 2 heterocycles. The Balaban J connectivity index is 1.62. The number of amides is 1. The molecule has 7 nitrogen and oxygen atoms in total. The number of allylic oxidation sites excluding steroid dienone is 2. The molecule has 1 fully saturated rings. The summed E-state index contributed by atoms with van der Waals surface area (Å²) in [5.74, 6) is 0.277. The lowest BCUT2D eigenvalue weighted by Gasteiger charge is -2.27. The zero-order chi connectivity index (χ0) is 25.2. The molecule has 3 atom stereocenters. The zero-order valence-corrected chi connectivity index (χ0v) is 21.8. The molecule has 1 aromatic rings. The topological polar surface area (TPSA) is 89.8 Å². The number of nitrogens with zero attached hydrogens (tertiary/aromatic N) is 3. The molecule has 2 aliphatic heterocycles. The van der Waals surface area contributed by atoms with Gasteiger partial charge in [0, 0.05) is 32.7 Å². The number of alkyl halides is 1. The van der Waals surface area contributed by atoms with Crippen molar-refractivity contribution in [1.82, 2.24) is 15.5 Å². The van der Waals surface area contributed by atoms with Gasteiger partial charge in [0.25, 0.3) is 5.91 Å². The normalized spacial score (nSPS) is 22.0. The smallest absolute Gasteiger partial charge is 0.262 e. The fourth-order valence-electron chi connectivity index (χ4n) is 4.07. The maximum atomic E-state index is 13.0. The molecular formula is C26H33Cl2N5O2. The highest BCUT2D eigenvalue weighted by atomic mass is 35.5. The number of nitrogens with one attached hydrogen (secondary N) is 2. The van der Waals surface area contributed by atoms with Crippen LogP contribution in [0.4, 0.5) is 0 Å². The van der Waals surface area contributed by atoms with Crippen molar-refractivity contribution in [3.8, 4) is 11.8 Å². The largest absolute Gasteiger partial charge is 0.492 e. The molecule has 2 N–H and O–H groups in total. The molecule has 0 spiro atoms. The van der Waals surface area contributed by atoms with Crippen molar-refractivity contribution >= 4 is 34.8 Å². The number of nitriles is 1. The number of hydrogen-bond acceptors (Lipinski definition) is 6. The summed E-state index contributed by atoms with van der Waals surface area (Å²) in [6, 6.07) is 9.51. The molecule has 35 heavy (non-hydrogen) atoms. The molecule has 0 bridgehead atoms. The van der Waals surface area contributed by atoms with Crippen molar-refractivity contribution in [3.63, 3.8) is 0 Å². The maximum absolute atomic E-state index is 13.0. The zero-order valence-electron chi connectivity index (χ0n) is 20.3. The van der Waals surface area contributed by atoms with Crippen molar-refractivity contribution in [2.75, 3.05) is 39.3 Å². The van der Waals surface area contributed by atoms with E-state index in [0.717, 1.165) is 56.9 Å². The fourth-order valence-corrected chi connectivity index (χ4v) is 4.55. The van der Waals surface area contributed by atoms with Crippen LogP contribution >= 0.6 is 23.2 Å². The van der Waals surface area contributed by atoms with E-state index in [-0.39, 0.29) is 17.5 Å². The molecule has 2 aliphatic rings. The average Bonchev–Trinajstić information content (AvgIpc) is 2.86. The number of carbonyl (C=O) groups is 1. The van der Waals surface area contributed by atoms with Gasteiger partial charge in [0.2, 0.25) is 0 Å². The summed E-state index contributed by atoms with van der Waals surface area (Å²) in [6.07, 6.45) is 4.78. The van der Waals surface area contributed by atoms with Gasteiger partial charge in [-0.25, -0.2) is 4.99 Å². The van der Waals surface area contributed by atoms with Crippen LogP contribution < -0.4 is 15.4 Å². The van der Waals surface area contributed by atoms with Gasteiger partial charge >= 0.3 is 0 Å². The minimum atomic E-state index is -0.466. The summed E-state index contributed by atoms with van der Waals surface area (Å²) >= 11 is 12.5. The Bertz CT molecular complexity index is 994. The van der Waals surface area contributed by atoms with Gasteiger partial charge in [-0.05, 0) is 42.2 Å². The summed E-state index contributed by atoms with van der Waals surface area (Å²) in [6.45, 7) is 9.62. The molecular weight excluding hydrogens is 485 g/mol. The van der Waals surface area contributed by atoms with Crippen LogP contribution in [0, 0.1) is 17.2 Å². The second kappa shape index (κ2) is 13.6. The molecule has 0 aliphatic carbocycles. The third-order valence-corrected chi connectivity index (χ3v) is 6.92. The van der Waals surface area contributed by atoms with Crippen LogP contribution in [0.3, 0.4) is 0 Å². The lowest BCUT2D eigenvalue weighted by atomic mass is 9.99. The third kappa shape index (κ3) is 8.08. The van der Waals surface area contributed by atoms with Gasteiger partial charge in [0.05, 0.1) is 17.1 Å². The van der Waals surface area contributed by atoms with E-state index in [0.29, 0.717) is 17.5 Å². The third-order valence-electron chi connectivity index (χ3n) is 6.09. The molecule has 0 saturated carbocycles. The predicted octanol–water partition coefficient (Wildman–Crippen LogP) is 4.16. The molecule has 1 saturated heterocycles. The van der Waals surface area contributed by atoms with Gasteiger partial charge in [-0.2, -0.15) is 5.26 Å². The Labute approximate surface area is 217 Å². The van der Waals surface area contributed by atoms with Crippen molar-refractivity contribution in [2.45, 2.75) is 38.1 Å². The Kier molecular flexibility index (Phi) is 10.6. The first kappa shape index (κ1) is 27.2. The number of ether oxygens (including phenoxy) is 1. The van der Waals surface area contributed by atoms with Crippen LogP contribution in [0.5, 0.6) is 5.75 Å². The first-order chi connectivity index (χ1) is 16.9. The van der Waals surface area contributed by atoms with Crippen LogP contribution in [0.25, 0.3) is 0 Å². The van der Waals surface area contributed by atoms with Gasteiger partial charge < -0.3 is 15.4 Å². The molecule has 188 valence electrons. The highest BCUT2D eigenvalue weighted by Crippen LogP contribution is 2.26. The van der Waals surface area contributed by atoms with Crippen molar-refractivity contribution in [2.24, 2.45) is 10.9 Å². The van der Waals surface area contributed by atoms with Crippen LogP contribution in [-0.4, -0.2) is 61.2 Å². The van der Waals surface area contributed by atoms with Gasteiger partial charge in [-0.3, -0.25) is 9.69 Å². The van der Waals surface area contributed by atoms with Crippen molar-refractivity contribution in [3.05, 3.63) is 52.7 Å². The summed E-state index contributed by atoms with van der Waals surface area (Å²) in [5, 5.41) is 15.8. The first-order valence-corrected chi connectivity index (χ1v) is 12.9. The molecule has 0 radical (unpaired) electrons. The summed E-state index contributed by atoms with van der Waals surface area (Å²) in [5.41, 5.74) is 1.31. The fraction of sp³-hybridized carbons (Fsp3) is 0.500. The highest BCUT2D eigenvalue weighted by molar-refractivity contribution is 6.37. The Morgan fingerprint density at radius 3 is 2.74 bits per heavy atom. The van der Waals surface area contributed by atoms with Crippen LogP contribution in [0.2, 0.25) is 0 Å². The Morgan fingerprint density at radius 1 is 1.37 bits per heavy atom. The van der Waals surface area contributed by atoms with E-state index in [4.69, 9.17) is 27.9 Å². The lowest BCUT2D eigenvalue weighted by molar-refractivity contribution is -0.117. The summed E-state index contributed by atoms with van der Waals surface area (Å²) < 4.78 is 5.91. The van der Waals surface area contributed by atoms with Gasteiger partial charge in [-0.1, -0.05) is 44.0 Å². The lowest BCUT2D eigenvalue weighted by Crippen LogP contribution is -2.44. The second-order valence-corrected chi connectivity index (χ2v) is 9.64. The van der Waals surface area contributed by atoms with E-state index >= 15 is 0 Å². The van der Waals surface area contributed by atoms with E-state index in [2.05, 4.69) is 27.4 Å². The predicted molar refractivity (Wildman–Crippen MR) is 141 cm³/mol. The van der Waals surface area contributed by atoms with Crippen LogP contribution in [-0.2, 0) is 4.79 Å². The minimum Gasteiger partial charge on any atom is -0.492 e. The van der Waals surface area contributed by atoms with Gasteiger partial charge in [-0.15, -0.1) is 11.6 Å². The van der Waals surface area contributed by atoms with E-state index in [9.17, 15) is 10.1 Å². The summed E-state index contributed by atoms with van der Waals surface area (Å²) in [4.78, 5) is 19.5. The first-order valence-electron chi connectivity index (χ1n) is 12.1. The highest BCUT2D eigenvalue weighted by Gasteiger charge is 2.25. The van der Waals surface area contributed by atoms with Gasteiger partial charge in [0.1, 0.15) is 29.2 Å². The van der Waals surface area contributed by atoms with E-state index in [1.54, 1.807) is 6.08 Å². The molecule has 1 amide bonds. The quantitative estimate of drug-likeness (QED) is 0.210. The Hall–Kier alpha value is -2.37. The Morgan fingerprint density at radius 2 is 2.09 bits per heavy atom. The van der Waals surface area contributed by atoms with Gasteiger partial charge in [0.15, 0.2) is 0 Å². The van der Waals surface area contributed by atoms with E-state index < -0.39 is 11.3 Å². The molecule has 0 aromatic heterocycles. The number of halogens is 2. The average molecular weight is 518 g/mol. The van der Waals surface area contributed by atoms with Crippen molar-refractivity contribution in [1.29, 1.82) is 5.26 Å². The number of benzene rings is 1. The monoisotopic (exact) mass is 517 g/mol. The number of aliphatic imine (C=N–C) groups is 1. The van der Waals surface area contributed by atoms with E-state index in [1.165, 1.54) is 6.08 Å². The number of piperazine rings is 1. The second-order valence-electron chi connectivity index (χ2n) is 8.78. The molecule has 2 unspecified atom stereocenters. The van der Waals surface area contributed by atoms with Crippen LogP contribution in [0.1, 0.15) is 38.3 Å². The SMILES string of the molecule is CCC[C@H](NC(=O)/C(C#N)=C/C1=NC(Cl)=CC(C)C1Cl)c1ccc(OCCN2CCNCC2)cc1. The molecule has 9 heteroatoms. The number of rotatable bonds is 10.